The number of hydrogen-bond acceptors (Lipinski definition) is 6. The van der Waals surface area contributed by atoms with Crippen LogP contribution in [0.1, 0.15) is 73.7 Å². The van der Waals surface area contributed by atoms with Crippen LogP contribution in [0.5, 0.6) is 5.75 Å². The van der Waals surface area contributed by atoms with Crippen molar-refractivity contribution in [2.45, 2.75) is 88.6 Å². The number of hydrogen-bond donors (Lipinski definition) is 2. The fourth-order valence-electron chi connectivity index (χ4n) is 5.99. The minimum Gasteiger partial charge on any atom is -0.489 e. The van der Waals surface area contributed by atoms with Gasteiger partial charge in [-0.05, 0) is 87.6 Å². The van der Waals surface area contributed by atoms with Crippen LogP contribution in [-0.2, 0) is 20.9 Å². The molecule has 2 aliphatic heterocycles. The number of nitrogens with zero attached hydrogens (tertiary/aromatic N) is 1. The highest BCUT2D eigenvalue weighted by Crippen LogP contribution is 2.32. The molecule has 3 amide bonds. The number of imide groups is 1. The molecule has 0 bridgehead atoms. The molecule has 2 saturated carbocycles. The maximum atomic E-state index is 12.9. The minimum absolute atomic E-state index is 0.122. The quantitative estimate of drug-likeness (QED) is 0.596. The molecule has 3 unspecified atom stereocenters. The van der Waals surface area contributed by atoms with E-state index in [1.54, 1.807) is 4.90 Å². The van der Waals surface area contributed by atoms with Crippen molar-refractivity contribution in [3.8, 4) is 5.75 Å². The van der Waals surface area contributed by atoms with Gasteiger partial charge in [0.25, 0.3) is 5.91 Å². The molecule has 3 atom stereocenters. The number of carbonyl (C=O) groups is 3. The first-order valence-electron chi connectivity index (χ1n) is 12.7. The zero-order valence-corrected chi connectivity index (χ0v) is 19.9. The van der Waals surface area contributed by atoms with Gasteiger partial charge in [0.05, 0.1) is 6.10 Å². The molecule has 0 aromatic heterocycles. The molecule has 0 radical (unpaired) electrons. The average Bonchev–Trinajstić information content (AvgIpc) is 3.41. The molecule has 4 aliphatic rings. The number of benzene rings is 1. The van der Waals surface area contributed by atoms with E-state index in [4.69, 9.17) is 9.47 Å². The van der Waals surface area contributed by atoms with Crippen molar-refractivity contribution in [2.24, 2.45) is 5.92 Å². The van der Waals surface area contributed by atoms with Crippen LogP contribution in [0.25, 0.3) is 0 Å². The Bertz CT molecular complexity index is 942. The van der Waals surface area contributed by atoms with Crippen molar-refractivity contribution in [2.75, 3.05) is 13.7 Å². The zero-order valence-electron chi connectivity index (χ0n) is 19.9. The Labute approximate surface area is 200 Å². The second kappa shape index (κ2) is 10.0. The Morgan fingerprint density at radius 2 is 1.88 bits per heavy atom. The topological polar surface area (TPSA) is 97.0 Å². The minimum atomic E-state index is -0.593. The highest BCUT2D eigenvalue weighted by atomic mass is 16.5. The molecule has 1 aromatic rings. The van der Waals surface area contributed by atoms with Crippen LogP contribution < -0.4 is 15.4 Å². The average molecular weight is 470 g/mol. The Morgan fingerprint density at radius 3 is 2.65 bits per heavy atom. The van der Waals surface area contributed by atoms with E-state index in [2.05, 4.69) is 10.6 Å². The lowest BCUT2D eigenvalue weighted by Crippen LogP contribution is -2.52. The molecule has 1 saturated heterocycles. The summed E-state index contributed by atoms with van der Waals surface area (Å²) in [7, 11) is 1.81. The number of nitrogens with one attached hydrogen (secondary N) is 2. The van der Waals surface area contributed by atoms with Gasteiger partial charge in [-0.2, -0.15) is 0 Å². The SMILES string of the molecule is CO[C@H]1CC[C@@H](CNC2CCCC2Oc2ccc3c(c2)CN(C2CCC(=O)NC2=O)C3=O)CC1. The van der Waals surface area contributed by atoms with E-state index in [-0.39, 0.29) is 30.2 Å². The monoisotopic (exact) mass is 469 g/mol. The summed E-state index contributed by atoms with van der Waals surface area (Å²) in [6, 6.07) is 5.37. The van der Waals surface area contributed by atoms with Gasteiger partial charge in [0, 0.05) is 31.7 Å². The van der Waals surface area contributed by atoms with Gasteiger partial charge in [-0.25, -0.2) is 0 Å². The van der Waals surface area contributed by atoms with Crippen LogP contribution in [0.2, 0.25) is 0 Å². The van der Waals surface area contributed by atoms with Gasteiger partial charge < -0.3 is 19.7 Å². The lowest BCUT2D eigenvalue weighted by atomic mass is 9.87. The number of rotatable bonds is 7. The summed E-state index contributed by atoms with van der Waals surface area (Å²) in [5.74, 6) is 0.667. The fourth-order valence-corrected chi connectivity index (χ4v) is 5.99. The number of fused-ring (bicyclic) bond motifs is 1. The number of amides is 3. The fraction of sp³-hybridized carbons (Fsp3) is 0.654. The number of methoxy groups -OCH3 is 1. The van der Waals surface area contributed by atoms with Gasteiger partial charge in [0.15, 0.2) is 0 Å². The van der Waals surface area contributed by atoms with E-state index in [0.717, 1.165) is 50.0 Å². The van der Waals surface area contributed by atoms with Crippen molar-refractivity contribution < 1.29 is 23.9 Å². The first-order valence-corrected chi connectivity index (χ1v) is 12.7. The summed E-state index contributed by atoms with van der Waals surface area (Å²) in [4.78, 5) is 38.2. The van der Waals surface area contributed by atoms with Crippen molar-refractivity contribution in [3.05, 3.63) is 29.3 Å². The predicted octanol–water partition coefficient (Wildman–Crippen LogP) is 2.54. The lowest BCUT2D eigenvalue weighted by Gasteiger charge is -2.30. The summed E-state index contributed by atoms with van der Waals surface area (Å²) in [5, 5.41) is 6.12. The summed E-state index contributed by atoms with van der Waals surface area (Å²) in [5.41, 5.74) is 1.49. The molecule has 2 heterocycles. The number of piperidine rings is 1. The van der Waals surface area contributed by atoms with Gasteiger partial charge in [0.2, 0.25) is 11.8 Å². The van der Waals surface area contributed by atoms with E-state index >= 15 is 0 Å². The molecule has 3 fully saturated rings. The highest BCUT2D eigenvalue weighted by molar-refractivity contribution is 6.05. The smallest absolute Gasteiger partial charge is 0.255 e. The van der Waals surface area contributed by atoms with Crippen LogP contribution in [0.4, 0.5) is 0 Å². The molecular weight excluding hydrogens is 434 g/mol. The normalized spacial score (nSPS) is 31.5. The van der Waals surface area contributed by atoms with Crippen molar-refractivity contribution >= 4 is 17.7 Å². The first-order chi connectivity index (χ1) is 16.5. The highest BCUT2D eigenvalue weighted by Gasteiger charge is 2.39. The Kier molecular flexibility index (Phi) is 6.88. The molecule has 2 N–H and O–H groups in total. The largest absolute Gasteiger partial charge is 0.489 e. The Morgan fingerprint density at radius 1 is 1.06 bits per heavy atom. The van der Waals surface area contributed by atoms with E-state index < -0.39 is 6.04 Å². The van der Waals surface area contributed by atoms with E-state index in [1.165, 1.54) is 12.8 Å². The van der Waals surface area contributed by atoms with Crippen molar-refractivity contribution in [1.82, 2.24) is 15.5 Å². The summed E-state index contributed by atoms with van der Waals surface area (Å²) >= 11 is 0. The van der Waals surface area contributed by atoms with Gasteiger partial charge in [0.1, 0.15) is 17.9 Å². The van der Waals surface area contributed by atoms with Crippen molar-refractivity contribution in [1.29, 1.82) is 0 Å². The molecule has 34 heavy (non-hydrogen) atoms. The van der Waals surface area contributed by atoms with E-state index in [0.29, 0.717) is 36.6 Å². The summed E-state index contributed by atoms with van der Waals surface area (Å²) in [6.07, 6.45) is 9.19. The van der Waals surface area contributed by atoms with Crippen molar-refractivity contribution in [3.63, 3.8) is 0 Å². The van der Waals surface area contributed by atoms with Gasteiger partial charge in [-0.3, -0.25) is 19.7 Å². The van der Waals surface area contributed by atoms with Crippen LogP contribution in [0, 0.1) is 5.92 Å². The second-order valence-corrected chi connectivity index (χ2v) is 10.2. The third-order valence-corrected chi connectivity index (χ3v) is 8.03. The molecule has 8 nitrogen and oxygen atoms in total. The van der Waals surface area contributed by atoms with Crippen LogP contribution in [0.15, 0.2) is 18.2 Å². The van der Waals surface area contributed by atoms with Gasteiger partial charge >= 0.3 is 0 Å². The van der Waals surface area contributed by atoms with Crippen LogP contribution in [0.3, 0.4) is 0 Å². The predicted molar refractivity (Wildman–Crippen MR) is 125 cm³/mol. The van der Waals surface area contributed by atoms with Gasteiger partial charge in [-0.15, -0.1) is 0 Å². The summed E-state index contributed by atoms with van der Waals surface area (Å²) < 4.78 is 11.9. The van der Waals surface area contributed by atoms with Gasteiger partial charge in [-0.1, -0.05) is 0 Å². The third kappa shape index (κ3) is 4.84. The third-order valence-electron chi connectivity index (χ3n) is 8.03. The number of ether oxygens (including phenoxy) is 2. The Hall–Kier alpha value is -2.45. The maximum Gasteiger partial charge on any atom is 0.255 e. The molecule has 8 heteroatoms. The van der Waals surface area contributed by atoms with E-state index in [9.17, 15) is 14.4 Å². The molecule has 0 spiro atoms. The maximum absolute atomic E-state index is 12.9. The summed E-state index contributed by atoms with van der Waals surface area (Å²) in [6.45, 7) is 1.40. The van der Waals surface area contributed by atoms with Crippen LogP contribution in [-0.4, -0.2) is 60.6 Å². The molecule has 2 aliphatic carbocycles. The zero-order chi connectivity index (χ0) is 23.7. The standard InChI is InChI=1S/C26H35N3O5/c1-33-18-7-5-16(6-8-18)14-27-21-3-2-4-23(21)34-19-9-10-20-17(13-19)15-29(26(20)32)22-11-12-24(30)28-25(22)31/h9-10,13,16,18,21-23,27H,2-8,11-12,14-15H2,1H3,(H,28,30,31)/t16-,18+,21?,22?,23?. The lowest BCUT2D eigenvalue weighted by molar-refractivity contribution is -0.136. The number of carbonyl (C=O) groups excluding carboxylic acids is 3. The molecular formula is C26H35N3O5. The molecule has 1 aromatic carbocycles. The second-order valence-electron chi connectivity index (χ2n) is 10.2. The van der Waals surface area contributed by atoms with E-state index in [1.807, 2.05) is 25.3 Å². The molecule has 184 valence electrons. The molecule has 5 rings (SSSR count). The van der Waals surface area contributed by atoms with Crippen LogP contribution >= 0.6 is 0 Å². The first kappa shape index (κ1) is 23.3. The Balaban J connectivity index is 1.17.